The lowest BCUT2D eigenvalue weighted by molar-refractivity contribution is 0.0266. The quantitative estimate of drug-likeness (QED) is 0.799. The first kappa shape index (κ1) is 12.7. The smallest absolute Gasteiger partial charge is 0.335 e. The molecule has 0 saturated carbocycles. The van der Waals surface area contributed by atoms with Crippen LogP contribution in [-0.4, -0.2) is 29.9 Å². The molecule has 1 aliphatic heterocycles. The van der Waals surface area contributed by atoms with Crippen molar-refractivity contribution in [2.45, 2.75) is 32.0 Å². The second-order valence-electron chi connectivity index (χ2n) is 4.51. The molecule has 18 heavy (non-hydrogen) atoms. The molecule has 5 heteroatoms. The van der Waals surface area contributed by atoms with E-state index < -0.39 is 5.97 Å². The van der Waals surface area contributed by atoms with Gasteiger partial charge in [-0.15, -0.1) is 0 Å². The van der Waals surface area contributed by atoms with E-state index in [1.807, 2.05) is 6.92 Å². The van der Waals surface area contributed by atoms with Gasteiger partial charge in [-0.3, -0.25) is 0 Å². The van der Waals surface area contributed by atoms with Crippen LogP contribution in [0, 0.1) is 0 Å². The molecule has 0 radical (unpaired) electrons. The lowest BCUT2D eigenvalue weighted by Crippen LogP contribution is -2.18. The highest BCUT2D eigenvalue weighted by Gasteiger charge is 2.22. The molecule has 0 bridgehead atoms. The number of aromatic carboxylic acids is 1. The van der Waals surface area contributed by atoms with Crippen LogP contribution in [0.2, 0.25) is 0 Å². The third kappa shape index (κ3) is 2.92. The second kappa shape index (κ2) is 5.27. The zero-order valence-corrected chi connectivity index (χ0v) is 10.3. The maximum atomic E-state index is 10.8. The topological polar surface area (TPSA) is 81.8 Å². The molecule has 1 fully saturated rings. The zero-order chi connectivity index (χ0) is 13.1. The summed E-state index contributed by atoms with van der Waals surface area (Å²) < 4.78 is 11.2. The van der Waals surface area contributed by atoms with Crippen molar-refractivity contribution < 1.29 is 19.4 Å². The molecule has 2 atom stereocenters. The van der Waals surface area contributed by atoms with E-state index in [4.69, 9.17) is 20.3 Å². The molecule has 5 nitrogen and oxygen atoms in total. The summed E-state index contributed by atoms with van der Waals surface area (Å²) in [5.41, 5.74) is 6.35. The summed E-state index contributed by atoms with van der Waals surface area (Å²) in [6.45, 7) is 2.43. The normalized spacial score (nSPS) is 22.9. The van der Waals surface area contributed by atoms with Gasteiger partial charge in [0.15, 0.2) is 0 Å². The van der Waals surface area contributed by atoms with Crippen molar-refractivity contribution >= 4 is 11.7 Å². The van der Waals surface area contributed by atoms with Crippen molar-refractivity contribution in [2.24, 2.45) is 0 Å². The van der Waals surface area contributed by atoms with Gasteiger partial charge in [0.25, 0.3) is 0 Å². The Morgan fingerprint density at radius 3 is 2.94 bits per heavy atom. The largest absolute Gasteiger partial charge is 0.489 e. The summed E-state index contributed by atoms with van der Waals surface area (Å²) in [7, 11) is 0. The maximum absolute atomic E-state index is 10.8. The van der Waals surface area contributed by atoms with Gasteiger partial charge >= 0.3 is 5.97 Å². The molecule has 1 aromatic rings. The van der Waals surface area contributed by atoms with Gasteiger partial charge < -0.3 is 20.3 Å². The number of hydrogen-bond donors (Lipinski definition) is 2. The number of rotatable bonds is 4. The molecule has 0 aromatic heterocycles. The predicted molar refractivity (Wildman–Crippen MR) is 66.9 cm³/mol. The number of nitrogens with two attached hydrogens (primary N) is 1. The van der Waals surface area contributed by atoms with Gasteiger partial charge in [0, 0.05) is 0 Å². The van der Waals surface area contributed by atoms with Crippen molar-refractivity contribution in [3.63, 3.8) is 0 Å². The Kier molecular flexibility index (Phi) is 3.72. The minimum absolute atomic E-state index is 0.0629. The molecule has 98 valence electrons. The first-order valence-electron chi connectivity index (χ1n) is 5.97. The first-order valence-corrected chi connectivity index (χ1v) is 5.97. The Bertz CT molecular complexity index is 447. The van der Waals surface area contributed by atoms with Crippen LogP contribution < -0.4 is 10.5 Å². The van der Waals surface area contributed by atoms with E-state index in [0.29, 0.717) is 18.0 Å². The summed E-state index contributed by atoms with van der Waals surface area (Å²) in [4.78, 5) is 10.8. The molecule has 1 aliphatic rings. The maximum Gasteiger partial charge on any atom is 0.335 e. The lowest BCUT2D eigenvalue weighted by Gasteiger charge is -2.14. The number of benzene rings is 1. The van der Waals surface area contributed by atoms with E-state index in [1.165, 1.54) is 18.2 Å². The summed E-state index contributed by atoms with van der Waals surface area (Å²) in [5, 5.41) is 8.89. The number of carboxylic acids is 1. The average molecular weight is 251 g/mol. The molecule has 2 unspecified atom stereocenters. The predicted octanol–water partition coefficient (Wildman–Crippen LogP) is 1.91. The van der Waals surface area contributed by atoms with Gasteiger partial charge in [0.2, 0.25) is 0 Å². The molecule has 0 aliphatic carbocycles. The van der Waals surface area contributed by atoms with Gasteiger partial charge in [-0.05, 0) is 38.0 Å². The summed E-state index contributed by atoms with van der Waals surface area (Å²) >= 11 is 0. The van der Waals surface area contributed by atoms with Gasteiger partial charge in [-0.1, -0.05) is 0 Å². The minimum Gasteiger partial charge on any atom is -0.489 e. The van der Waals surface area contributed by atoms with Crippen LogP contribution in [0.4, 0.5) is 5.69 Å². The first-order chi connectivity index (χ1) is 8.56. The molecular weight excluding hydrogens is 234 g/mol. The van der Waals surface area contributed by atoms with Crippen molar-refractivity contribution in [2.75, 3.05) is 12.3 Å². The minimum atomic E-state index is -0.995. The van der Waals surface area contributed by atoms with Crippen LogP contribution in [-0.2, 0) is 4.74 Å². The molecule has 2 rings (SSSR count). The van der Waals surface area contributed by atoms with Crippen molar-refractivity contribution in [3.8, 4) is 5.75 Å². The standard InChI is InChI=1S/C13H17NO4/c1-8-2-4-10(18-8)7-17-12-6-9(13(15)16)3-5-11(12)14/h3,5-6,8,10H,2,4,7,14H2,1H3,(H,15,16). The van der Waals surface area contributed by atoms with Crippen LogP contribution in [0.25, 0.3) is 0 Å². The van der Waals surface area contributed by atoms with E-state index in [-0.39, 0.29) is 17.8 Å². The third-order valence-electron chi connectivity index (χ3n) is 3.01. The lowest BCUT2D eigenvalue weighted by atomic mass is 10.2. The Morgan fingerprint density at radius 1 is 1.56 bits per heavy atom. The fourth-order valence-corrected chi connectivity index (χ4v) is 1.98. The molecule has 0 spiro atoms. The van der Waals surface area contributed by atoms with Crippen molar-refractivity contribution in [1.82, 2.24) is 0 Å². The highest BCUT2D eigenvalue weighted by Crippen LogP contribution is 2.25. The van der Waals surface area contributed by atoms with E-state index >= 15 is 0 Å². The summed E-state index contributed by atoms with van der Waals surface area (Å²) in [6.07, 6.45) is 2.31. The third-order valence-corrected chi connectivity index (χ3v) is 3.01. The number of nitrogen functional groups attached to an aromatic ring is 1. The molecule has 1 heterocycles. The fraction of sp³-hybridized carbons (Fsp3) is 0.462. The van der Waals surface area contributed by atoms with Gasteiger partial charge in [-0.2, -0.15) is 0 Å². The van der Waals surface area contributed by atoms with Crippen LogP contribution in [0.15, 0.2) is 18.2 Å². The molecule has 3 N–H and O–H groups in total. The fourth-order valence-electron chi connectivity index (χ4n) is 1.98. The average Bonchev–Trinajstić information content (AvgIpc) is 2.74. The van der Waals surface area contributed by atoms with Crippen molar-refractivity contribution in [3.05, 3.63) is 23.8 Å². The highest BCUT2D eigenvalue weighted by atomic mass is 16.5. The van der Waals surface area contributed by atoms with Crippen LogP contribution >= 0.6 is 0 Å². The summed E-state index contributed by atoms with van der Waals surface area (Å²) in [5.74, 6) is -0.594. The van der Waals surface area contributed by atoms with E-state index in [1.54, 1.807) is 0 Å². The molecule has 1 saturated heterocycles. The van der Waals surface area contributed by atoms with Crippen LogP contribution in [0.3, 0.4) is 0 Å². The molecule has 0 amide bonds. The van der Waals surface area contributed by atoms with Gasteiger partial charge in [0.05, 0.1) is 23.5 Å². The van der Waals surface area contributed by atoms with Crippen LogP contribution in [0.1, 0.15) is 30.1 Å². The number of anilines is 1. The monoisotopic (exact) mass is 251 g/mol. The Morgan fingerprint density at radius 2 is 2.33 bits per heavy atom. The van der Waals surface area contributed by atoms with Gasteiger partial charge in [0.1, 0.15) is 12.4 Å². The van der Waals surface area contributed by atoms with E-state index in [2.05, 4.69) is 0 Å². The SMILES string of the molecule is CC1CCC(COc2cc(C(=O)O)ccc2N)O1. The van der Waals surface area contributed by atoms with E-state index in [9.17, 15) is 4.79 Å². The number of hydrogen-bond acceptors (Lipinski definition) is 4. The van der Waals surface area contributed by atoms with E-state index in [0.717, 1.165) is 12.8 Å². The Hall–Kier alpha value is -1.75. The van der Waals surface area contributed by atoms with Gasteiger partial charge in [-0.25, -0.2) is 4.79 Å². The number of carbonyl (C=O) groups is 1. The highest BCUT2D eigenvalue weighted by molar-refractivity contribution is 5.89. The number of ether oxygens (including phenoxy) is 2. The zero-order valence-electron chi connectivity index (χ0n) is 10.3. The van der Waals surface area contributed by atoms with Crippen molar-refractivity contribution in [1.29, 1.82) is 0 Å². The Labute approximate surface area is 106 Å². The second-order valence-corrected chi connectivity index (χ2v) is 4.51. The molecular formula is C13H17NO4. The number of carboxylic acid groups (broad SMARTS) is 1. The van der Waals surface area contributed by atoms with Crippen LogP contribution in [0.5, 0.6) is 5.75 Å². The summed E-state index contributed by atoms with van der Waals surface area (Å²) in [6, 6.07) is 4.44. The molecule has 1 aromatic carbocycles. The Balaban J connectivity index is 2.00.